The third-order valence-electron chi connectivity index (χ3n) is 0.684. The Labute approximate surface area is 46.6 Å². The molecule has 0 bridgehead atoms. The van der Waals surface area contributed by atoms with Gasteiger partial charge in [-0.2, -0.15) is 5.26 Å². The summed E-state index contributed by atoms with van der Waals surface area (Å²) in [6, 6.07) is 1.36. The molecular weight excluding hydrogens is 110 g/mol. The Morgan fingerprint density at radius 2 is 2.00 bits per heavy atom. The van der Waals surface area contributed by atoms with Gasteiger partial charge >= 0.3 is 0 Å². The number of nitrogens with zero attached hydrogens (tertiary/aromatic N) is 1. The van der Waals surface area contributed by atoms with Crippen molar-refractivity contribution < 1.29 is 15.3 Å². The van der Waals surface area contributed by atoms with Crippen molar-refractivity contribution in [2.45, 2.75) is 12.2 Å². The van der Waals surface area contributed by atoms with Crippen molar-refractivity contribution in [1.82, 2.24) is 0 Å². The summed E-state index contributed by atoms with van der Waals surface area (Å²) in [7, 11) is 0. The smallest absolute Gasteiger partial charge is 0.168 e. The fraction of sp³-hybridized carbons (Fsp3) is 0.750. The maximum absolute atomic E-state index is 8.40. The van der Waals surface area contributed by atoms with E-state index in [0.717, 1.165) is 0 Å². The van der Waals surface area contributed by atoms with Gasteiger partial charge in [0.25, 0.3) is 0 Å². The van der Waals surface area contributed by atoms with Crippen LogP contribution in [0.4, 0.5) is 0 Å². The molecule has 0 unspecified atom stereocenters. The van der Waals surface area contributed by atoms with Gasteiger partial charge in [0.2, 0.25) is 0 Å². The minimum absolute atomic E-state index is 0.589. The molecule has 2 atom stereocenters. The number of rotatable bonds is 2. The lowest BCUT2D eigenvalue weighted by atomic mass is 10.2. The molecule has 0 heterocycles. The van der Waals surface area contributed by atoms with Gasteiger partial charge in [-0.15, -0.1) is 0 Å². The largest absolute Gasteiger partial charge is 0.394 e. The van der Waals surface area contributed by atoms with Crippen LogP contribution in [0.25, 0.3) is 0 Å². The van der Waals surface area contributed by atoms with Crippen molar-refractivity contribution in [2.24, 2.45) is 0 Å². The highest BCUT2D eigenvalue weighted by atomic mass is 16.4. The molecule has 8 heavy (non-hydrogen) atoms. The van der Waals surface area contributed by atoms with Crippen molar-refractivity contribution in [3.05, 3.63) is 0 Å². The quantitative estimate of drug-likeness (QED) is 0.373. The van der Waals surface area contributed by atoms with Gasteiger partial charge in [0.1, 0.15) is 6.10 Å². The minimum Gasteiger partial charge on any atom is -0.394 e. The van der Waals surface area contributed by atoms with Gasteiger partial charge in [0.15, 0.2) is 6.10 Å². The van der Waals surface area contributed by atoms with Crippen molar-refractivity contribution in [2.75, 3.05) is 6.61 Å². The van der Waals surface area contributed by atoms with E-state index in [-0.39, 0.29) is 0 Å². The monoisotopic (exact) mass is 117 g/mol. The molecule has 0 aliphatic heterocycles. The summed E-state index contributed by atoms with van der Waals surface area (Å²) in [6.07, 6.45) is -2.81. The predicted octanol–water partition coefficient (Wildman–Crippen LogP) is -1.78. The van der Waals surface area contributed by atoms with Gasteiger partial charge in [-0.1, -0.05) is 0 Å². The second-order valence-corrected chi connectivity index (χ2v) is 1.32. The molecule has 0 aliphatic carbocycles. The van der Waals surface area contributed by atoms with Crippen molar-refractivity contribution in [1.29, 1.82) is 5.26 Å². The SMILES string of the molecule is N#C[C@H](O)[C@H](O)CO. The third kappa shape index (κ3) is 1.89. The summed E-state index contributed by atoms with van der Waals surface area (Å²) in [5.74, 6) is 0. The predicted molar refractivity (Wildman–Crippen MR) is 24.7 cm³/mol. The molecule has 0 saturated carbocycles. The summed E-state index contributed by atoms with van der Waals surface area (Å²) in [5.41, 5.74) is 0. The van der Waals surface area contributed by atoms with Crippen molar-refractivity contribution >= 4 is 0 Å². The van der Waals surface area contributed by atoms with Crippen LogP contribution in [0.5, 0.6) is 0 Å². The zero-order valence-corrected chi connectivity index (χ0v) is 4.15. The van der Waals surface area contributed by atoms with E-state index < -0.39 is 18.8 Å². The lowest BCUT2D eigenvalue weighted by Gasteiger charge is -2.05. The maximum Gasteiger partial charge on any atom is 0.168 e. The Balaban J connectivity index is 3.49. The second kappa shape index (κ2) is 3.38. The molecule has 0 spiro atoms. The molecule has 0 amide bonds. The standard InChI is InChI=1S/C4H7NO3/c5-1-3(7)4(8)2-6/h3-4,6-8H,2H2/t3-,4+/m0/s1. The van der Waals surface area contributed by atoms with E-state index in [1.807, 2.05) is 0 Å². The Kier molecular flexibility index (Phi) is 3.12. The first-order valence-electron chi connectivity index (χ1n) is 2.09. The van der Waals surface area contributed by atoms with Gasteiger partial charge in [0.05, 0.1) is 12.7 Å². The van der Waals surface area contributed by atoms with Gasteiger partial charge in [0, 0.05) is 0 Å². The molecule has 0 rings (SSSR count). The molecule has 46 valence electrons. The summed E-state index contributed by atoms with van der Waals surface area (Å²) < 4.78 is 0. The van der Waals surface area contributed by atoms with Gasteiger partial charge in [-0.25, -0.2) is 0 Å². The zero-order valence-electron chi connectivity index (χ0n) is 4.15. The highest BCUT2D eigenvalue weighted by Gasteiger charge is 2.12. The molecule has 0 fully saturated rings. The van der Waals surface area contributed by atoms with E-state index >= 15 is 0 Å². The van der Waals surface area contributed by atoms with Gasteiger partial charge in [-0.3, -0.25) is 0 Å². The normalized spacial score (nSPS) is 16.8. The van der Waals surface area contributed by atoms with E-state index in [2.05, 4.69) is 0 Å². The summed E-state index contributed by atoms with van der Waals surface area (Å²) >= 11 is 0. The molecule has 0 saturated heterocycles. The molecule has 3 N–H and O–H groups in total. The average Bonchev–Trinajstić information content (AvgIpc) is 1.84. The van der Waals surface area contributed by atoms with Crippen LogP contribution in [0.15, 0.2) is 0 Å². The van der Waals surface area contributed by atoms with Crippen LogP contribution in [0, 0.1) is 11.3 Å². The van der Waals surface area contributed by atoms with Crippen LogP contribution in [-0.2, 0) is 0 Å². The molecule has 0 aromatic carbocycles. The molecular formula is C4H7NO3. The van der Waals surface area contributed by atoms with E-state index in [9.17, 15) is 0 Å². The van der Waals surface area contributed by atoms with E-state index in [1.54, 1.807) is 0 Å². The Morgan fingerprint density at radius 3 is 2.12 bits per heavy atom. The second-order valence-electron chi connectivity index (χ2n) is 1.32. The number of aliphatic hydroxyl groups excluding tert-OH is 3. The molecule has 0 aromatic heterocycles. The lowest BCUT2D eigenvalue weighted by molar-refractivity contribution is 0.0130. The minimum atomic E-state index is -1.47. The molecule has 0 aromatic rings. The van der Waals surface area contributed by atoms with Crippen LogP contribution in [0.2, 0.25) is 0 Å². The number of aliphatic hydroxyl groups is 3. The zero-order chi connectivity index (χ0) is 6.57. The van der Waals surface area contributed by atoms with E-state index in [0.29, 0.717) is 0 Å². The van der Waals surface area contributed by atoms with Gasteiger partial charge in [-0.05, 0) is 0 Å². The summed E-state index contributed by atoms with van der Waals surface area (Å²) in [6.45, 7) is -0.589. The molecule has 4 heteroatoms. The summed E-state index contributed by atoms with van der Waals surface area (Å²) in [4.78, 5) is 0. The Hall–Kier alpha value is -0.630. The topological polar surface area (TPSA) is 84.5 Å². The van der Waals surface area contributed by atoms with Crippen LogP contribution >= 0.6 is 0 Å². The average molecular weight is 117 g/mol. The first-order valence-corrected chi connectivity index (χ1v) is 2.09. The van der Waals surface area contributed by atoms with E-state index in [4.69, 9.17) is 20.6 Å². The van der Waals surface area contributed by atoms with Gasteiger partial charge < -0.3 is 15.3 Å². The summed E-state index contributed by atoms with van der Waals surface area (Å²) in [5, 5.41) is 32.7. The number of hydrogen-bond donors (Lipinski definition) is 3. The number of hydrogen-bond acceptors (Lipinski definition) is 4. The Morgan fingerprint density at radius 1 is 1.50 bits per heavy atom. The highest BCUT2D eigenvalue weighted by molar-refractivity contribution is 4.87. The third-order valence-corrected chi connectivity index (χ3v) is 0.684. The molecule has 0 radical (unpaired) electrons. The fourth-order valence-electron chi connectivity index (χ4n) is 0.186. The number of nitriles is 1. The van der Waals surface area contributed by atoms with Crippen LogP contribution in [0.1, 0.15) is 0 Å². The highest BCUT2D eigenvalue weighted by Crippen LogP contribution is 1.87. The molecule has 0 aliphatic rings. The fourth-order valence-corrected chi connectivity index (χ4v) is 0.186. The van der Waals surface area contributed by atoms with Crippen LogP contribution in [0.3, 0.4) is 0 Å². The van der Waals surface area contributed by atoms with Crippen LogP contribution < -0.4 is 0 Å². The first kappa shape index (κ1) is 7.37. The Bertz CT molecular complexity index is 97.9. The van der Waals surface area contributed by atoms with Crippen LogP contribution in [-0.4, -0.2) is 34.1 Å². The lowest BCUT2D eigenvalue weighted by Crippen LogP contribution is -2.27. The van der Waals surface area contributed by atoms with E-state index in [1.165, 1.54) is 6.07 Å². The van der Waals surface area contributed by atoms with Crippen molar-refractivity contribution in [3.63, 3.8) is 0 Å². The maximum atomic E-state index is 8.40. The van der Waals surface area contributed by atoms with Crippen molar-refractivity contribution in [3.8, 4) is 6.07 Å². The first-order chi connectivity index (χ1) is 3.72. The molecule has 4 nitrogen and oxygen atoms in total.